The molecular weight excluding hydrogens is 816 g/mol. The van der Waals surface area contributed by atoms with E-state index >= 15 is 0 Å². The fourth-order valence-electron chi connectivity index (χ4n) is 9.61. The molecule has 6 unspecified atom stereocenters. The predicted octanol–water partition coefficient (Wildman–Crippen LogP) is 1.35. The summed E-state index contributed by atoms with van der Waals surface area (Å²) in [5, 5.41) is 86.9. The molecule has 0 aromatic carbocycles. The Kier molecular flexibility index (Phi) is 13.8. The molecule has 0 saturated carbocycles. The zero-order valence-corrected chi connectivity index (χ0v) is 33.9. The van der Waals surface area contributed by atoms with Gasteiger partial charge in [-0.25, -0.2) is 0 Å². The largest absolute Gasteiger partial charge is 0.481 e. The van der Waals surface area contributed by atoms with Gasteiger partial charge in [0, 0.05) is 88.0 Å². The van der Waals surface area contributed by atoms with E-state index in [0.717, 1.165) is 0 Å². The lowest BCUT2D eigenvalue weighted by Crippen LogP contribution is -2.38. The molecule has 62 heavy (non-hydrogen) atoms. The highest BCUT2D eigenvalue weighted by Crippen LogP contribution is 2.52. The van der Waals surface area contributed by atoms with Crippen molar-refractivity contribution in [2.75, 3.05) is 0 Å². The van der Waals surface area contributed by atoms with Gasteiger partial charge in [-0.3, -0.25) is 38.4 Å². The van der Waals surface area contributed by atoms with E-state index in [0.29, 0.717) is 5.70 Å². The second-order valence-electron chi connectivity index (χ2n) is 16.6. The average Bonchev–Trinajstić information content (AvgIpc) is 3.77. The van der Waals surface area contributed by atoms with Crippen LogP contribution in [0.15, 0.2) is 17.5 Å². The van der Waals surface area contributed by atoms with E-state index in [2.05, 4.69) is 20.6 Å². The van der Waals surface area contributed by atoms with Gasteiger partial charge in [-0.15, -0.1) is 0 Å². The third-order valence-electron chi connectivity index (χ3n) is 12.4. The lowest BCUT2D eigenvalue weighted by Gasteiger charge is -2.35. The van der Waals surface area contributed by atoms with Crippen LogP contribution in [0.1, 0.15) is 98.9 Å². The van der Waals surface area contributed by atoms with Gasteiger partial charge < -0.3 is 61.5 Å². The highest BCUT2D eigenvalue weighted by Gasteiger charge is 2.53. The standard InChI is InChI=1S/C42H50N4O16/c1-41(17-39(59)60)23(5-9-35(51)52)29-14-27-21(11-37(55)56)19(3-7-33(47)48)25(43-27)13-26-20(4-8-34(49)50)22(12-38(57)58)28(44-26)15-31-42(2,18-40(61)62)24(6-10-36(53)54)30(46-31)16-32(41)45-29/h13-16,23-24,29,32,43-46H,3-12,17-18H2,1-2H3,(H,47,48)(H,49,50)(H,51,52)(H,53,54)(H,55,56)(H,57,58)(H,59,60)(H,61,62)/b25-13-,27-14-,30-16-,31-15-. The Labute approximate surface area is 352 Å². The number of hydrogen-bond acceptors (Lipinski definition) is 10. The van der Waals surface area contributed by atoms with Crippen LogP contribution < -0.4 is 21.3 Å². The van der Waals surface area contributed by atoms with Crippen molar-refractivity contribution in [3.63, 3.8) is 0 Å². The molecule has 2 saturated heterocycles. The van der Waals surface area contributed by atoms with Gasteiger partial charge in [0.25, 0.3) is 0 Å². The van der Waals surface area contributed by atoms with Crippen LogP contribution in [-0.2, 0) is 64.0 Å². The molecule has 334 valence electrons. The molecule has 5 heterocycles. The van der Waals surface area contributed by atoms with E-state index in [1.54, 1.807) is 26.0 Å². The average molecular weight is 867 g/mol. The molecule has 12 N–H and O–H groups in total. The van der Waals surface area contributed by atoms with Crippen LogP contribution in [0.5, 0.6) is 0 Å². The molecule has 0 radical (unpaired) electrons. The molecular formula is C42H50N4O16. The van der Waals surface area contributed by atoms with Crippen LogP contribution >= 0.6 is 0 Å². The molecule has 3 aliphatic heterocycles. The summed E-state index contributed by atoms with van der Waals surface area (Å²) >= 11 is 0. The number of fused-ring (bicyclic) bond motifs is 8. The smallest absolute Gasteiger partial charge is 0.307 e. The van der Waals surface area contributed by atoms with E-state index < -0.39 is 127 Å². The molecule has 0 amide bonds. The second-order valence-corrected chi connectivity index (χ2v) is 16.6. The Bertz CT molecular complexity index is 2390. The highest BCUT2D eigenvalue weighted by molar-refractivity contribution is 5.78. The monoisotopic (exact) mass is 866 g/mol. The zero-order chi connectivity index (χ0) is 45.8. The lowest BCUT2D eigenvalue weighted by molar-refractivity contribution is -0.141. The summed E-state index contributed by atoms with van der Waals surface area (Å²) in [5.74, 6) is -11.5. The van der Waals surface area contributed by atoms with Crippen LogP contribution in [0.25, 0.3) is 18.2 Å². The summed E-state index contributed by atoms with van der Waals surface area (Å²) in [7, 11) is 0. The van der Waals surface area contributed by atoms with Gasteiger partial charge in [-0.2, -0.15) is 0 Å². The van der Waals surface area contributed by atoms with Crippen molar-refractivity contribution in [2.24, 2.45) is 22.7 Å². The molecule has 6 atom stereocenters. The van der Waals surface area contributed by atoms with Crippen LogP contribution in [0.2, 0.25) is 0 Å². The van der Waals surface area contributed by atoms with Crippen LogP contribution in [-0.4, -0.2) is 111 Å². The zero-order valence-electron chi connectivity index (χ0n) is 33.9. The van der Waals surface area contributed by atoms with Gasteiger partial charge in [0.05, 0.1) is 25.7 Å². The van der Waals surface area contributed by atoms with Crippen molar-refractivity contribution in [3.8, 4) is 0 Å². The van der Waals surface area contributed by atoms with Crippen molar-refractivity contribution >= 4 is 66.0 Å². The first kappa shape index (κ1) is 46.4. The Hall–Kier alpha value is -6.70. The Morgan fingerprint density at radius 3 is 1.68 bits per heavy atom. The van der Waals surface area contributed by atoms with Gasteiger partial charge in [-0.1, -0.05) is 13.8 Å². The molecule has 0 aliphatic carbocycles. The van der Waals surface area contributed by atoms with E-state index in [-0.39, 0.29) is 82.1 Å². The van der Waals surface area contributed by atoms with Gasteiger partial charge in [0.15, 0.2) is 0 Å². The highest BCUT2D eigenvalue weighted by atomic mass is 16.4. The fraction of sp³-hybridized carbons (Fsp3) is 0.476. The number of carboxylic acids is 8. The van der Waals surface area contributed by atoms with Crippen molar-refractivity contribution in [1.82, 2.24) is 20.6 Å². The fourth-order valence-corrected chi connectivity index (χ4v) is 9.61. The number of rotatable bonds is 20. The van der Waals surface area contributed by atoms with E-state index in [1.165, 1.54) is 12.2 Å². The molecule has 20 nitrogen and oxygen atoms in total. The first-order valence-electron chi connectivity index (χ1n) is 19.9. The van der Waals surface area contributed by atoms with Crippen molar-refractivity contribution < 1.29 is 79.2 Å². The normalized spacial score (nSPS) is 26.6. The predicted molar refractivity (Wildman–Crippen MR) is 215 cm³/mol. The Morgan fingerprint density at radius 2 is 1.11 bits per heavy atom. The third kappa shape index (κ3) is 10.2. The number of nitrogens with one attached hydrogen (secondary N) is 4. The maximum absolute atomic E-state index is 12.6. The molecule has 2 fully saturated rings. The summed E-state index contributed by atoms with van der Waals surface area (Å²) in [6.07, 6.45) is 1.62. The minimum Gasteiger partial charge on any atom is -0.481 e. The van der Waals surface area contributed by atoms with E-state index in [1.807, 2.05) is 0 Å². The molecule has 2 aromatic heterocycles. The van der Waals surface area contributed by atoms with E-state index in [4.69, 9.17) is 0 Å². The molecule has 8 bridgehead atoms. The van der Waals surface area contributed by atoms with Gasteiger partial charge >= 0.3 is 47.8 Å². The number of carbonyl (C=O) groups is 8. The number of H-pyrrole nitrogens is 2. The summed E-state index contributed by atoms with van der Waals surface area (Å²) < 4.78 is 0. The van der Waals surface area contributed by atoms with E-state index in [9.17, 15) is 79.2 Å². The molecule has 5 rings (SSSR count). The van der Waals surface area contributed by atoms with Crippen molar-refractivity contribution in [2.45, 2.75) is 103 Å². The Morgan fingerprint density at radius 1 is 0.565 bits per heavy atom. The topological polar surface area (TPSA) is 354 Å². The quantitative estimate of drug-likeness (QED) is 0.0893. The SMILES string of the molecule is CC1(CC(=O)O)/C2=C/c3[nH]c(c(CCC(=O)O)c3CC(=O)O)/C=c3\[nH]/c(c(CC(=O)O)c3CCC(=O)O)=C\C3NC(/C=C(\N2)C1CCC(=O)O)C(C)(CC(=O)O)C3CCC(=O)O. The van der Waals surface area contributed by atoms with Crippen LogP contribution in [0, 0.1) is 22.7 Å². The molecule has 20 heteroatoms. The van der Waals surface area contributed by atoms with Crippen LogP contribution in [0.4, 0.5) is 0 Å². The first-order valence-corrected chi connectivity index (χ1v) is 19.9. The van der Waals surface area contributed by atoms with Crippen LogP contribution in [0.3, 0.4) is 0 Å². The van der Waals surface area contributed by atoms with Gasteiger partial charge in [0.2, 0.25) is 0 Å². The first-order chi connectivity index (χ1) is 29.0. The minimum absolute atomic E-state index is 0.0607. The van der Waals surface area contributed by atoms with Crippen molar-refractivity contribution in [1.29, 1.82) is 0 Å². The number of allylic oxidation sites excluding steroid dienone is 2. The number of aliphatic carboxylic acids is 8. The molecule has 3 aliphatic rings. The van der Waals surface area contributed by atoms with Gasteiger partial charge in [-0.05, 0) is 78.2 Å². The maximum atomic E-state index is 12.6. The summed E-state index contributed by atoms with van der Waals surface area (Å²) in [5.41, 5.74) is -1.06. The number of carboxylic acid groups (broad SMARTS) is 8. The maximum Gasteiger partial charge on any atom is 0.307 e. The number of hydrogen-bond donors (Lipinski definition) is 12. The number of aromatic amines is 2. The summed E-state index contributed by atoms with van der Waals surface area (Å²) in [6, 6.07) is -1.79. The lowest BCUT2D eigenvalue weighted by atomic mass is 9.67. The third-order valence-corrected chi connectivity index (χ3v) is 12.4. The minimum atomic E-state index is -1.41. The molecule has 2 aromatic rings. The second kappa shape index (κ2) is 18.5. The Balaban J connectivity index is 1.99. The van der Waals surface area contributed by atoms with Crippen molar-refractivity contribution in [3.05, 3.63) is 61.8 Å². The molecule has 0 spiro atoms. The number of aromatic nitrogens is 2. The van der Waals surface area contributed by atoms with Gasteiger partial charge in [0.1, 0.15) is 0 Å². The summed E-state index contributed by atoms with van der Waals surface area (Å²) in [4.78, 5) is 104. The summed E-state index contributed by atoms with van der Waals surface area (Å²) in [6.45, 7) is 3.25.